The van der Waals surface area contributed by atoms with E-state index in [4.69, 9.17) is 0 Å². The Morgan fingerprint density at radius 3 is 2.46 bits per heavy atom. The summed E-state index contributed by atoms with van der Waals surface area (Å²) in [4.78, 5) is 4.49. The molecule has 1 rings (SSSR count). The van der Waals surface area contributed by atoms with Crippen LogP contribution in [0.3, 0.4) is 0 Å². The first-order valence-corrected chi connectivity index (χ1v) is 6.93. The molecule has 0 unspecified atom stereocenters. The third-order valence-electron chi connectivity index (χ3n) is 1.90. The Hall–Kier alpha value is -0.190. The van der Waals surface area contributed by atoms with Gasteiger partial charge in [0.05, 0.1) is 0 Å². The zero-order chi connectivity index (χ0) is 9.84. The summed E-state index contributed by atoms with van der Waals surface area (Å²) >= 11 is -0.0344. The maximum absolute atomic E-state index is 4.49. The predicted octanol–water partition coefficient (Wildman–Crippen LogP) is 2.87. The molecular formula is C10H17IN2. The molecule has 13 heavy (non-hydrogen) atoms. The smallest absolute Gasteiger partial charge is 0.0499 e. The lowest BCUT2D eigenvalue weighted by Crippen LogP contribution is -2.07. The van der Waals surface area contributed by atoms with Crippen molar-refractivity contribution in [3.05, 3.63) is 11.9 Å². The highest BCUT2D eigenvalue weighted by Crippen LogP contribution is 2.13. The molecule has 2 nitrogen and oxygen atoms in total. The summed E-state index contributed by atoms with van der Waals surface area (Å²) in [6.07, 6.45) is 1.99. The number of rotatable bonds is 2. The van der Waals surface area contributed by atoms with Gasteiger partial charge in [-0.05, 0) is 32.8 Å². The van der Waals surface area contributed by atoms with Gasteiger partial charge in [0.15, 0.2) is 0 Å². The highest BCUT2D eigenvalue weighted by Gasteiger charge is 2.06. The molecule has 0 aliphatic carbocycles. The van der Waals surface area contributed by atoms with E-state index in [0.29, 0.717) is 11.8 Å². The van der Waals surface area contributed by atoms with Gasteiger partial charge in [-0.3, -0.25) is 4.99 Å². The van der Waals surface area contributed by atoms with Gasteiger partial charge in [-0.15, -0.1) is 0 Å². The predicted molar refractivity (Wildman–Crippen MR) is 68.4 cm³/mol. The van der Waals surface area contributed by atoms with Crippen LogP contribution in [0.1, 0.15) is 27.7 Å². The summed E-state index contributed by atoms with van der Waals surface area (Å²) < 4.78 is 5.74. The number of hydrogen-bond donors (Lipinski definition) is 1. The molecule has 1 N–H and O–H groups in total. The van der Waals surface area contributed by atoms with Crippen molar-refractivity contribution in [3.8, 4) is 0 Å². The van der Waals surface area contributed by atoms with E-state index in [1.807, 2.05) is 6.20 Å². The van der Waals surface area contributed by atoms with Crippen LogP contribution in [-0.2, 0) is 0 Å². The fourth-order valence-corrected chi connectivity index (χ4v) is 3.35. The Bertz CT molecular complexity index is 262. The summed E-state index contributed by atoms with van der Waals surface area (Å²) in [6, 6.07) is 0. The van der Waals surface area contributed by atoms with E-state index in [1.165, 1.54) is 11.4 Å². The van der Waals surface area contributed by atoms with Crippen molar-refractivity contribution < 1.29 is 0 Å². The largest absolute Gasteiger partial charge is 0.336 e. The first kappa shape index (κ1) is 10.9. The monoisotopic (exact) mass is 292 g/mol. The van der Waals surface area contributed by atoms with Gasteiger partial charge in [-0.2, -0.15) is 0 Å². The Labute approximate surface area is 90.6 Å². The topological polar surface area (TPSA) is 24.4 Å². The van der Waals surface area contributed by atoms with Crippen LogP contribution in [0.2, 0.25) is 0 Å². The number of hydrogen-bond acceptors (Lipinski definition) is 2. The minimum atomic E-state index is -0.0344. The van der Waals surface area contributed by atoms with E-state index in [2.05, 4.69) is 40.2 Å². The lowest BCUT2D eigenvalue weighted by atomic mass is 10.1. The highest BCUT2D eigenvalue weighted by atomic mass is 127. The lowest BCUT2D eigenvalue weighted by Gasteiger charge is -2.07. The molecule has 0 aromatic heterocycles. The first-order chi connectivity index (χ1) is 6.11. The van der Waals surface area contributed by atoms with Gasteiger partial charge in [0, 0.05) is 21.6 Å². The van der Waals surface area contributed by atoms with Gasteiger partial charge >= 0.3 is 0 Å². The van der Waals surface area contributed by atoms with Crippen LogP contribution < -0.4 is 3.53 Å². The minimum absolute atomic E-state index is 0.0344. The van der Waals surface area contributed by atoms with Gasteiger partial charge in [0.2, 0.25) is 0 Å². The third kappa shape index (κ3) is 3.21. The van der Waals surface area contributed by atoms with Crippen molar-refractivity contribution in [2.24, 2.45) is 16.8 Å². The SMILES string of the molecule is CC(C)C1=CN=C(C(C)C)C=IN1. The summed E-state index contributed by atoms with van der Waals surface area (Å²) in [5, 5.41) is 0. The molecule has 0 saturated carbocycles. The van der Waals surface area contributed by atoms with E-state index in [-0.39, 0.29) is 21.0 Å². The molecule has 0 saturated heterocycles. The van der Waals surface area contributed by atoms with Gasteiger partial charge in [0.25, 0.3) is 0 Å². The van der Waals surface area contributed by atoms with Gasteiger partial charge < -0.3 is 3.53 Å². The molecule has 74 valence electrons. The van der Waals surface area contributed by atoms with E-state index < -0.39 is 0 Å². The molecule has 0 spiro atoms. The van der Waals surface area contributed by atoms with Gasteiger partial charge in [-0.1, -0.05) is 27.7 Å². The Morgan fingerprint density at radius 1 is 1.23 bits per heavy atom. The van der Waals surface area contributed by atoms with E-state index >= 15 is 0 Å². The maximum atomic E-state index is 4.49. The Kier molecular flexibility index (Phi) is 4.09. The van der Waals surface area contributed by atoms with E-state index in [0.717, 1.165) is 0 Å². The Morgan fingerprint density at radius 2 is 1.92 bits per heavy atom. The zero-order valence-electron chi connectivity index (χ0n) is 8.63. The second-order valence-corrected chi connectivity index (χ2v) is 5.55. The third-order valence-corrected chi connectivity index (χ3v) is 3.78. The van der Waals surface area contributed by atoms with Crippen molar-refractivity contribution >= 4 is 30.7 Å². The van der Waals surface area contributed by atoms with Crippen LogP contribution in [0.4, 0.5) is 0 Å². The number of halogens is 1. The lowest BCUT2D eigenvalue weighted by molar-refractivity contribution is 0.742. The molecule has 3 heteroatoms. The second-order valence-electron chi connectivity index (χ2n) is 3.76. The van der Waals surface area contributed by atoms with Crippen LogP contribution in [0.25, 0.3) is 0 Å². The van der Waals surface area contributed by atoms with Gasteiger partial charge in [-0.25, -0.2) is 0 Å². The number of allylic oxidation sites excluding steroid dienone is 1. The minimum Gasteiger partial charge on any atom is -0.336 e. The average Bonchev–Trinajstić information content (AvgIpc) is 2.27. The molecule has 0 aromatic carbocycles. The van der Waals surface area contributed by atoms with Crippen LogP contribution in [-0.4, -0.2) is 9.72 Å². The molecule has 1 heterocycles. The molecule has 0 atom stereocenters. The van der Waals surface area contributed by atoms with E-state index in [1.54, 1.807) is 0 Å². The molecule has 0 aromatic rings. The molecule has 0 bridgehead atoms. The van der Waals surface area contributed by atoms with Crippen molar-refractivity contribution in [1.29, 1.82) is 0 Å². The average molecular weight is 292 g/mol. The molecule has 0 fully saturated rings. The molecule has 0 amide bonds. The number of aliphatic imine (C=N–C) groups is 1. The zero-order valence-corrected chi connectivity index (χ0v) is 10.8. The molecule has 0 radical (unpaired) electrons. The summed E-state index contributed by atoms with van der Waals surface area (Å²) in [7, 11) is 0. The molecular weight excluding hydrogens is 275 g/mol. The quantitative estimate of drug-likeness (QED) is 0.614. The van der Waals surface area contributed by atoms with Crippen molar-refractivity contribution in [2.45, 2.75) is 27.7 Å². The van der Waals surface area contributed by atoms with Crippen LogP contribution >= 0.6 is 21.0 Å². The van der Waals surface area contributed by atoms with E-state index in [9.17, 15) is 0 Å². The van der Waals surface area contributed by atoms with Crippen molar-refractivity contribution in [2.75, 3.05) is 0 Å². The van der Waals surface area contributed by atoms with Crippen LogP contribution in [0.15, 0.2) is 16.9 Å². The summed E-state index contributed by atoms with van der Waals surface area (Å²) in [6.45, 7) is 8.76. The van der Waals surface area contributed by atoms with Crippen molar-refractivity contribution in [3.63, 3.8) is 0 Å². The second kappa shape index (κ2) is 4.88. The standard InChI is InChI=1S/C10H17IN2/c1-7(2)9-5-11-13-10(6-12-9)8(3)4/h5-8,13H,1-4H3. The van der Waals surface area contributed by atoms with Crippen LogP contribution in [0, 0.1) is 11.8 Å². The first-order valence-electron chi connectivity index (χ1n) is 4.60. The fraction of sp³-hybridized carbons (Fsp3) is 0.600. The normalized spacial score (nSPS) is 17.4. The van der Waals surface area contributed by atoms with Crippen LogP contribution in [0.5, 0.6) is 0 Å². The molecule has 1 aliphatic heterocycles. The highest BCUT2D eigenvalue weighted by molar-refractivity contribution is 14.2. The number of nitrogens with zero attached hydrogens (tertiary/aromatic N) is 1. The summed E-state index contributed by atoms with van der Waals surface area (Å²) in [5.74, 6) is 1.10. The number of nitrogens with one attached hydrogen (secondary N) is 1. The van der Waals surface area contributed by atoms with Crippen molar-refractivity contribution in [1.82, 2.24) is 3.53 Å². The molecule has 1 aliphatic rings. The fourth-order valence-electron chi connectivity index (χ4n) is 0.876. The summed E-state index contributed by atoms with van der Waals surface area (Å²) in [5.41, 5.74) is 2.51. The Balaban J connectivity index is 2.83. The maximum Gasteiger partial charge on any atom is 0.0499 e. The van der Waals surface area contributed by atoms with Gasteiger partial charge in [0.1, 0.15) is 0 Å².